The summed E-state index contributed by atoms with van der Waals surface area (Å²) in [6.45, 7) is 4.54. The summed E-state index contributed by atoms with van der Waals surface area (Å²) in [6.07, 6.45) is 2.30. The molecule has 0 radical (unpaired) electrons. The van der Waals surface area contributed by atoms with Crippen molar-refractivity contribution in [1.29, 1.82) is 0 Å². The number of carbonyl (C=O) groups excluding carboxylic acids is 3. The second kappa shape index (κ2) is 12.7. The van der Waals surface area contributed by atoms with Crippen molar-refractivity contribution >= 4 is 41.0 Å². The average Bonchev–Trinajstić information content (AvgIpc) is 3.06. The molecule has 0 aliphatic rings. The predicted molar refractivity (Wildman–Crippen MR) is 127 cm³/mol. The van der Waals surface area contributed by atoms with Gasteiger partial charge < -0.3 is 19.4 Å². The molecule has 1 aromatic carbocycles. The number of nitrogens with zero attached hydrogens (tertiary/aromatic N) is 1. The van der Waals surface area contributed by atoms with E-state index in [4.69, 9.17) is 21.1 Å². The molecule has 2 aromatic rings. The molecule has 1 N–H and O–H groups in total. The van der Waals surface area contributed by atoms with E-state index in [0.717, 1.165) is 11.4 Å². The number of ether oxygens (including phenoxy) is 2. The van der Waals surface area contributed by atoms with Gasteiger partial charge in [-0.3, -0.25) is 9.59 Å². The Labute approximate surface area is 197 Å². The van der Waals surface area contributed by atoms with Crippen LogP contribution in [0.4, 0.5) is 0 Å². The SMILES string of the molecule is COCCn1c(C)cc(C(=O)COC(=O)[C@H](CCSC)NC(=O)c2ccc(Cl)cc2)c1C. The van der Waals surface area contributed by atoms with Crippen LogP contribution in [0.1, 0.15) is 38.5 Å². The van der Waals surface area contributed by atoms with E-state index in [1.165, 1.54) is 0 Å². The summed E-state index contributed by atoms with van der Waals surface area (Å²) in [6, 6.07) is 7.30. The van der Waals surface area contributed by atoms with E-state index in [2.05, 4.69) is 5.32 Å². The molecule has 1 heterocycles. The molecule has 1 amide bonds. The van der Waals surface area contributed by atoms with Gasteiger partial charge in [-0.1, -0.05) is 11.6 Å². The van der Waals surface area contributed by atoms with E-state index >= 15 is 0 Å². The fourth-order valence-electron chi connectivity index (χ4n) is 3.25. The predicted octanol–water partition coefficient (Wildman–Crippen LogP) is 3.68. The number of methoxy groups -OCH3 is 1. The van der Waals surface area contributed by atoms with Crippen molar-refractivity contribution in [3.05, 3.63) is 57.9 Å². The van der Waals surface area contributed by atoms with Gasteiger partial charge in [-0.15, -0.1) is 0 Å². The molecule has 0 saturated carbocycles. The highest BCUT2D eigenvalue weighted by Crippen LogP contribution is 2.16. The highest BCUT2D eigenvalue weighted by molar-refractivity contribution is 7.98. The van der Waals surface area contributed by atoms with Gasteiger partial charge >= 0.3 is 5.97 Å². The van der Waals surface area contributed by atoms with Gasteiger partial charge in [0, 0.05) is 41.2 Å². The van der Waals surface area contributed by atoms with Crippen LogP contribution in [0.2, 0.25) is 5.02 Å². The van der Waals surface area contributed by atoms with Gasteiger partial charge in [-0.05, 0) is 62.6 Å². The molecule has 0 spiro atoms. The number of aromatic nitrogens is 1. The lowest BCUT2D eigenvalue weighted by atomic mass is 10.1. The van der Waals surface area contributed by atoms with Crippen molar-refractivity contribution in [3.63, 3.8) is 0 Å². The molecule has 0 fully saturated rings. The minimum absolute atomic E-state index is 0.289. The number of Topliss-reactive ketones (excluding diaryl/α,β-unsaturated/α-hetero) is 1. The zero-order valence-electron chi connectivity index (χ0n) is 18.8. The largest absolute Gasteiger partial charge is 0.456 e. The quantitative estimate of drug-likeness (QED) is 0.368. The molecular formula is C23H29ClN2O5S. The number of halogens is 1. The van der Waals surface area contributed by atoms with E-state index in [1.54, 1.807) is 49.2 Å². The maximum atomic E-state index is 12.7. The summed E-state index contributed by atoms with van der Waals surface area (Å²) >= 11 is 7.41. The lowest BCUT2D eigenvalue weighted by Crippen LogP contribution is -2.42. The Morgan fingerprint density at radius 1 is 1.19 bits per heavy atom. The Bertz CT molecular complexity index is 943. The highest BCUT2D eigenvalue weighted by Gasteiger charge is 2.24. The molecular weight excluding hydrogens is 452 g/mol. The number of carbonyl (C=O) groups is 3. The number of rotatable bonds is 12. The normalized spacial score (nSPS) is 11.8. The standard InChI is InChI=1S/C23H29ClN2O5S/c1-15-13-19(16(2)26(15)10-11-30-3)21(27)14-31-23(29)20(9-12-32-4)25-22(28)17-5-7-18(24)8-6-17/h5-8,13,20H,9-12,14H2,1-4H3,(H,25,28)/t20-/m0/s1. The monoisotopic (exact) mass is 480 g/mol. The summed E-state index contributed by atoms with van der Waals surface area (Å²) < 4.78 is 12.4. The highest BCUT2D eigenvalue weighted by atomic mass is 35.5. The van der Waals surface area contributed by atoms with Gasteiger partial charge in [-0.2, -0.15) is 11.8 Å². The number of aryl methyl sites for hydroxylation is 1. The van der Waals surface area contributed by atoms with Gasteiger partial charge in [0.2, 0.25) is 5.78 Å². The summed E-state index contributed by atoms with van der Waals surface area (Å²) in [5.41, 5.74) is 2.63. The van der Waals surface area contributed by atoms with Crippen LogP contribution in [-0.2, 0) is 20.8 Å². The van der Waals surface area contributed by atoms with Crippen molar-refractivity contribution in [1.82, 2.24) is 9.88 Å². The zero-order valence-corrected chi connectivity index (χ0v) is 20.3. The van der Waals surface area contributed by atoms with Gasteiger partial charge in [0.25, 0.3) is 5.91 Å². The molecule has 174 valence electrons. The second-order valence-corrected chi connectivity index (χ2v) is 8.70. The molecule has 7 nitrogen and oxygen atoms in total. The fraction of sp³-hybridized carbons (Fsp3) is 0.435. The summed E-state index contributed by atoms with van der Waals surface area (Å²) in [4.78, 5) is 37.9. The van der Waals surface area contributed by atoms with Crippen molar-refractivity contribution in [2.45, 2.75) is 32.9 Å². The van der Waals surface area contributed by atoms with E-state index in [0.29, 0.717) is 41.5 Å². The third kappa shape index (κ3) is 7.12. The fourth-order valence-corrected chi connectivity index (χ4v) is 3.85. The van der Waals surface area contributed by atoms with E-state index in [1.807, 2.05) is 24.7 Å². The zero-order chi connectivity index (χ0) is 23.7. The van der Waals surface area contributed by atoms with Crippen LogP contribution in [0.5, 0.6) is 0 Å². The second-order valence-electron chi connectivity index (χ2n) is 7.27. The number of benzene rings is 1. The van der Waals surface area contributed by atoms with Gasteiger partial charge in [0.1, 0.15) is 6.04 Å². The summed E-state index contributed by atoms with van der Waals surface area (Å²) in [5.74, 6) is -0.682. The Morgan fingerprint density at radius 3 is 2.50 bits per heavy atom. The van der Waals surface area contributed by atoms with Gasteiger partial charge in [0.15, 0.2) is 6.61 Å². The lowest BCUT2D eigenvalue weighted by Gasteiger charge is -2.17. The third-order valence-electron chi connectivity index (χ3n) is 5.05. The van der Waals surface area contributed by atoms with Crippen molar-refractivity contribution in [2.24, 2.45) is 0 Å². The topological polar surface area (TPSA) is 86.6 Å². The summed E-state index contributed by atoms with van der Waals surface area (Å²) in [5, 5.41) is 3.21. The maximum Gasteiger partial charge on any atom is 0.329 e. The Morgan fingerprint density at radius 2 is 1.88 bits per heavy atom. The lowest BCUT2D eigenvalue weighted by molar-refractivity contribution is -0.144. The molecule has 32 heavy (non-hydrogen) atoms. The van der Waals surface area contributed by atoms with Crippen LogP contribution >= 0.6 is 23.4 Å². The number of hydrogen-bond acceptors (Lipinski definition) is 6. The first-order valence-electron chi connectivity index (χ1n) is 10.2. The number of esters is 1. The van der Waals surface area contributed by atoms with Gasteiger partial charge in [0.05, 0.1) is 6.61 Å². The number of hydrogen-bond donors (Lipinski definition) is 1. The van der Waals surface area contributed by atoms with E-state index in [-0.39, 0.29) is 12.4 Å². The van der Waals surface area contributed by atoms with E-state index in [9.17, 15) is 14.4 Å². The molecule has 0 saturated heterocycles. The Hall–Kier alpha value is -2.29. The third-order valence-corrected chi connectivity index (χ3v) is 5.94. The molecule has 2 rings (SSSR count). The van der Waals surface area contributed by atoms with Crippen molar-refractivity contribution < 1.29 is 23.9 Å². The van der Waals surface area contributed by atoms with Crippen LogP contribution in [0.15, 0.2) is 30.3 Å². The molecule has 1 atom stereocenters. The van der Waals surface area contributed by atoms with Crippen LogP contribution < -0.4 is 5.32 Å². The molecule has 1 aromatic heterocycles. The first-order valence-corrected chi connectivity index (χ1v) is 12.0. The van der Waals surface area contributed by atoms with Crippen molar-refractivity contribution in [2.75, 3.05) is 32.3 Å². The summed E-state index contributed by atoms with van der Waals surface area (Å²) in [7, 11) is 1.62. The van der Waals surface area contributed by atoms with Crippen LogP contribution in [-0.4, -0.2) is 60.6 Å². The Balaban J connectivity index is 2.02. The number of nitrogens with one attached hydrogen (secondary N) is 1. The van der Waals surface area contributed by atoms with Crippen molar-refractivity contribution in [3.8, 4) is 0 Å². The van der Waals surface area contributed by atoms with E-state index < -0.39 is 17.9 Å². The van der Waals surface area contributed by atoms with Crippen LogP contribution in [0.25, 0.3) is 0 Å². The molecule has 0 aliphatic carbocycles. The minimum Gasteiger partial charge on any atom is -0.456 e. The Kier molecular flexibility index (Phi) is 10.3. The number of thioether (sulfide) groups is 1. The first-order chi connectivity index (χ1) is 15.3. The molecule has 0 unspecified atom stereocenters. The number of amides is 1. The molecule has 0 aliphatic heterocycles. The minimum atomic E-state index is -0.854. The molecule has 0 bridgehead atoms. The smallest absolute Gasteiger partial charge is 0.329 e. The number of ketones is 1. The first kappa shape index (κ1) is 26.0. The average molecular weight is 481 g/mol. The molecule has 9 heteroatoms. The maximum absolute atomic E-state index is 12.7. The van der Waals surface area contributed by atoms with Crippen LogP contribution in [0, 0.1) is 13.8 Å². The van der Waals surface area contributed by atoms with Gasteiger partial charge in [-0.25, -0.2) is 4.79 Å². The van der Waals surface area contributed by atoms with Crippen LogP contribution in [0.3, 0.4) is 0 Å².